The summed E-state index contributed by atoms with van der Waals surface area (Å²) < 4.78 is 0. The maximum Gasteiger partial charge on any atom is 0.243 e. The molecule has 0 unspecified atom stereocenters. The van der Waals surface area contributed by atoms with Crippen LogP contribution in [0.5, 0.6) is 0 Å². The van der Waals surface area contributed by atoms with Gasteiger partial charge >= 0.3 is 0 Å². The minimum atomic E-state index is -0.589. The molecule has 0 aromatic heterocycles. The van der Waals surface area contributed by atoms with Crippen molar-refractivity contribution < 1.29 is 9.59 Å². The lowest BCUT2D eigenvalue weighted by molar-refractivity contribution is -0.139. The maximum atomic E-state index is 13.7. The lowest BCUT2D eigenvalue weighted by Gasteiger charge is -2.32. The van der Waals surface area contributed by atoms with E-state index in [1.807, 2.05) is 74.5 Å². The highest BCUT2D eigenvalue weighted by atomic mass is 32.2. The molecule has 3 aromatic carbocycles. The van der Waals surface area contributed by atoms with E-state index in [-0.39, 0.29) is 17.9 Å². The Morgan fingerprint density at radius 3 is 2.31 bits per heavy atom. The second-order valence-electron chi connectivity index (χ2n) is 9.45. The van der Waals surface area contributed by atoms with Crippen molar-refractivity contribution in [2.75, 3.05) is 5.75 Å². The van der Waals surface area contributed by atoms with Gasteiger partial charge in [0.05, 0.1) is 5.75 Å². The van der Waals surface area contributed by atoms with Crippen LogP contribution in [-0.2, 0) is 28.3 Å². The lowest BCUT2D eigenvalue weighted by Crippen LogP contribution is -2.52. The average Bonchev–Trinajstić information content (AvgIpc) is 2.87. The number of carbonyl (C=O) groups is 2. The molecule has 2 atom stereocenters. The van der Waals surface area contributed by atoms with Gasteiger partial charge in [-0.25, -0.2) is 0 Å². The van der Waals surface area contributed by atoms with Crippen molar-refractivity contribution >= 4 is 23.6 Å². The van der Waals surface area contributed by atoms with E-state index in [9.17, 15) is 9.59 Å². The second kappa shape index (κ2) is 13.9. The van der Waals surface area contributed by atoms with Crippen molar-refractivity contribution in [2.24, 2.45) is 0 Å². The number of aryl methyl sites for hydroxylation is 2. The fourth-order valence-electron chi connectivity index (χ4n) is 4.11. The van der Waals surface area contributed by atoms with Crippen molar-refractivity contribution in [3.8, 4) is 0 Å². The Labute approximate surface area is 220 Å². The molecule has 0 aliphatic carbocycles. The molecule has 2 amide bonds. The first-order chi connectivity index (χ1) is 17.4. The zero-order valence-corrected chi connectivity index (χ0v) is 22.7. The topological polar surface area (TPSA) is 49.4 Å². The number of benzene rings is 3. The van der Waals surface area contributed by atoms with Crippen molar-refractivity contribution in [1.82, 2.24) is 10.2 Å². The summed E-state index contributed by atoms with van der Waals surface area (Å²) in [6.45, 7) is 8.59. The number of hydrogen-bond acceptors (Lipinski definition) is 3. The molecular formula is C31H38N2O2S. The van der Waals surface area contributed by atoms with E-state index in [1.165, 1.54) is 11.1 Å². The molecule has 0 fully saturated rings. The molecule has 4 nitrogen and oxygen atoms in total. The van der Waals surface area contributed by atoms with Crippen LogP contribution >= 0.6 is 11.8 Å². The zero-order valence-electron chi connectivity index (χ0n) is 21.9. The molecular weight excluding hydrogens is 464 g/mol. The molecule has 0 aliphatic rings. The number of thioether (sulfide) groups is 1. The Bertz CT molecular complexity index is 1130. The number of hydrogen-bond donors (Lipinski definition) is 1. The van der Waals surface area contributed by atoms with E-state index < -0.39 is 6.04 Å². The van der Waals surface area contributed by atoms with E-state index in [0.717, 1.165) is 28.9 Å². The highest BCUT2D eigenvalue weighted by Crippen LogP contribution is 2.20. The van der Waals surface area contributed by atoms with Gasteiger partial charge in [-0.1, -0.05) is 91.3 Å². The minimum Gasteiger partial charge on any atom is -0.352 e. The summed E-state index contributed by atoms with van der Waals surface area (Å²) in [4.78, 5) is 29.1. The number of amides is 2. The van der Waals surface area contributed by atoms with Gasteiger partial charge in [0.15, 0.2) is 0 Å². The van der Waals surface area contributed by atoms with Crippen LogP contribution in [0.4, 0.5) is 0 Å². The van der Waals surface area contributed by atoms with E-state index >= 15 is 0 Å². The molecule has 0 radical (unpaired) electrons. The van der Waals surface area contributed by atoms with Crippen LogP contribution in [0, 0.1) is 13.8 Å². The van der Waals surface area contributed by atoms with Crippen LogP contribution in [0.1, 0.15) is 48.1 Å². The predicted octanol–water partition coefficient (Wildman–Crippen LogP) is 6.09. The van der Waals surface area contributed by atoms with E-state index in [1.54, 1.807) is 16.7 Å². The average molecular weight is 503 g/mol. The van der Waals surface area contributed by atoms with E-state index in [2.05, 4.69) is 37.4 Å². The molecule has 1 N–H and O–H groups in total. The molecule has 0 aliphatic heterocycles. The number of carbonyl (C=O) groups excluding carboxylic acids is 2. The Kier molecular flexibility index (Phi) is 10.6. The van der Waals surface area contributed by atoms with E-state index in [4.69, 9.17) is 0 Å². The summed E-state index contributed by atoms with van der Waals surface area (Å²) in [5.74, 6) is 0.967. The molecule has 190 valence electrons. The highest BCUT2D eigenvalue weighted by molar-refractivity contribution is 7.99. The molecule has 3 aromatic rings. The Morgan fingerprint density at radius 1 is 0.917 bits per heavy atom. The quantitative estimate of drug-likeness (QED) is 0.326. The first kappa shape index (κ1) is 27.5. The van der Waals surface area contributed by atoms with Crippen LogP contribution in [-0.4, -0.2) is 34.6 Å². The Morgan fingerprint density at radius 2 is 1.61 bits per heavy atom. The fourth-order valence-corrected chi connectivity index (χ4v) is 5.09. The van der Waals surface area contributed by atoms with Crippen molar-refractivity contribution in [2.45, 2.75) is 64.9 Å². The predicted molar refractivity (Wildman–Crippen MR) is 151 cm³/mol. The zero-order chi connectivity index (χ0) is 25.9. The monoisotopic (exact) mass is 502 g/mol. The standard InChI is InChI=1S/C31H38N2O2S/c1-5-25(4)32-31(35)29(19-26-14-7-6-8-15-26)33(20-27-16-11-12-23(2)18-27)30(34)22-36-21-28-17-10-9-13-24(28)3/h6-18,25,29H,5,19-22H2,1-4H3,(H,32,35)/t25-,29+/m1/s1. The first-order valence-electron chi connectivity index (χ1n) is 12.7. The van der Waals surface area contributed by atoms with Gasteiger partial charge in [-0.05, 0) is 49.4 Å². The third-order valence-electron chi connectivity index (χ3n) is 6.45. The molecule has 0 saturated carbocycles. The van der Waals surface area contributed by atoms with Gasteiger partial charge in [0.1, 0.15) is 6.04 Å². The van der Waals surface area contributed by atoms with Crippen molar-refractivity contribution in [3.05, 3.63) is 107 Å². The van der Waals surface area contributed by atoms with E-state index in [0.29, 0.717) is 18.7 Å². The molecule has 36 heavy (non-hydrogen) atoms. The lowest BCUT2D eigenvalue weighted by atomic mass is 10.0. The Balaban J connectivity index is 1.86. The van der Waals surface area contributed by atoms with Gasteiger partial charge in [0, 0.05) is 24.8 Å². The van der Waals surface area contributed by atoms with Crippen LogP contribution < -0.4 is 5.32 Å². The van der Waals surface area contributed by atoms with Gasteiger partial charge < -0.3 is 10.2 Å². The number of nitrogens with one attached hydrogen (secondary N) is 1. The highest BCUT2D eigenvalue weighted by Gasteiger charge is 2.30. The minimum absolute atomic E-state index is 0.0182. The van der Waals surface area contributed by atoms with Gasteiger partial charge in [0.25, 0.3) is 0 Å². The molecule has 0 heterocycles. The summed E-state index contributed by atoms with van der Waals surface area (Å²) >= 11 is 1.60. The first-order valence-corrected chi connectivity index (χ1v) is 13.8. The molecule has 5 heteroatoms. The molecule has 0 saturated heterocycles. The summed E-state index contributed by atoms with van der Waals surface area (Å²) in [5.41, 5.74) is 5.66. The van der Waals surface area contributed by atoms with Crippen molar-refractivity contribution in [1.29, 1.82) is 0 Å². The van der Waals surface area contributed by atoms with Crippen LogP contribution in [0.3, 0.4) is 0 Å². The summed E-state index contributed by atoms with van der Waals surface area (Å²) in [6, 6.07) is 25.8. The number of nitrogens with zero attached hydrogens (tertiary/aromatic N) is 1. The smallest absolute Gasteiger partial charge is 0.243 e. The van der Waals surface area contributed by atoms with Gasteiger partial charge in [0.2, 0.25) is 11.8 Å². The normalized spacial score (nSPS) is 12.6. The molecule has 3 rings (SSSR count). The number of rotatable bonds is 12. The van der Waals surface area contributed by atoms with Crippen LogP contribution in [0.2, 0.25) is 0 Å². The summed E-state index contributed by atoms with van der Waals surface area (Å²) in [5, 5.41) is 3.13. The second-order valence-corrected chi connectivity index (χ2v) is 10.4. The SMILES string of the molecule is CC[C@@H](C)NC(=O)[C@H](Cc1ccccc1)N(Cc1cccc(C)c1)C(=O)CSCc1ccccc1C. The summed E-state index contributed by atoms with van der Waals surface area (Å²) in [6.07, 6.45) is 1.31. The van der Waals surface area contributed by atoms with Crippen LogP contribution in [0.15, 0.2) is 78.9 Å². The van der Waals surface area contributed by atoms with Crippen LogP contribution in [0.25, 0.3) is 0 Å². The summed E-state index contributed by atoms with van der Waals surface area (Å²) in [7, 11) is 0. The molecule has 0 bridgehead atoms. The largest absolute Gasteiger partial charge is 0.352 e. The van der Waals surface area contributed by atoms with Gasteiger partial charge in [-0.15, -0.1) is 11.8 Å². The molecule has 0 spiro atoms. The van der Waals surface area contributed by atoms with Gasteiger partial charge in [-0.3, -0.25) is 9.59 Å². The van der Waals surface area contributed by atoms with Crippen molar-refractivity contribution in [3.63, 3.8) is 0 Å². The third-order valence-corrected chi connectivity index (χ3v) is 7.42. The maximum absolute atomic E-state index is 13.7. The third kappa shape index (κ3) is 8.27. The Hall–Kier alpha value is -3.05. The van der Waals surface area contributed by atoms with Gasteiger partial charge in [-0.2, -0.15) is 0 Å². The fraction of sp³-hybridized carbons (Fsp3) is 0.355.